The molecule has 11 heteroatoms. The van der Waals surface area contributed by atoms with E-state index in [0.29, 0.717) is 74.9 Å². The third-order valence-electron chi connectivity index (χ3n) is 8.16. The highest BCUT2D eigenvalue weighted by Gasteiger charge is 2.26. The van der Waals surface area contributed by atoms with Gasteiger partial charge in [-0.3, -0.25) is 9.78 Å². The molecule has 2 unspecified atom stereocenters. The van der Waals surface area contributed by atoms with Gasteiger partial charge in [0.2, 0.25) is 5.91 Å². The number of allylic oxidation sites excluding steroid dienone is 1. The molecule has 0 saturated heterocycles. The molecule has 10 nitrogen and oxygen atoms in total. The largest absolute Gasteiger partial charge is 0.492 e. The van der Waals surface area contributed by atoms with Crippen molar-refractivity contribution in [2.45, 2.75) is 52.2 Å². The SMILES string of the molecule is C=CC1CCn2cc(COc3ccc(Nc4c(C#N)cnc5cc(OCC)c(NC(=O)CCCN(C)C)cc45)cc3Cl)nc2C1C. The summed E-state index contributed by atoms with van der Waals surface area (Å²) in [5.74, 6) is 2.71. The van der Waals surface area contributed by atoms with E-state index in [1.807, 2.05) is 44.3 Å². The predicted octanol–water partition coefficient (Wildman–Crippen LogP) is 7.27. The van der Waals surface area contributed by atoms with Crippen LogP contribution in [0.15, 0.2) is 55.4 Å². The minimum atomic E-state index is -0.116. The van der Waals surface area contributed by atoms with Gasteiger partial charge in [-0.25, -0.2) is 4.98 Å². The first-order chi connectivity index (χ1) is 22.2. The van der Waals surface area contributed by atoms with Gasteiger partial charge in [0.05, 0.1) is 39.8 Å². The van der Waals surface area contributed by atoms with E-state index in [-0.39, 0.29) is 12.5 Å². The maximum Gasteiger partial charge on any atom is 0.224 e. The van der Waals surface area contributed by atoms with Gasteiger partial charge >= 0.3 is 0 Å². The number of imidazole rings is 1. The third-order valence-corrected chi connectivity index (χ3v) is 8.46. The summed E-state index contributed by atoms with van der Waals surface area (Å²) in [4.78, 5) is 24.1. The molecular weight excluding hydrogens is 602 g/mol. The predicted molar refractivity (Wildman–Crippen MR) is 182 cm³/mol. The van der Waals surface area contributed by atoms with E-state index in [2.05, 4.69) is 39.8 Å². The van der Waals surface area contributed by atoms with Crippen LogP contribution in [0, 0.1) is 17.2 Å². The van der Waals surface area contributed by atoms with Gasteiger partial charge in [0.25, 0.3) is 0 Å². The lowest BCUT2D eigenvalue weighted by atomic mass is 9.88. The van der Waals surface area contributed by atoms with Gasteiger partial charge in [-0.05, 0) is 70.6 Å². The fourth-order valence-corrected chi connectivity index (χ4v) is 5.96. The second-order valence-corrected chi connectivity index (χ2v) is 12.1. The first-order valence-electron chi connectivity index (χ1n) is 15.5. The van der Waals surface area contributed by atoms with E-state index < -0.39 is 0 Å². The number of nitrogens with one attached hydrogen (secondary N) is 2. The minimum Gasteiger partial charge on any atom is -0.492 e. The summed E-state index contributed by atoms with van der Waals surface area (Å²) < 4.78 is 14.1. The van der Waals surface area contributed by atoms with Crippen molar-refractivity contribution in [3.05, 3.63) is 77.5 Å². The number of rotatable bonds is 13. The lowest BCUT2D eigenvalue weighted by molar-refractivity contribution is -0.116. The van der Waals surface area contributed by atoms with Gasteiger partial charge in [0.1, 0.15) is 30.0 Å². The molecule has 2 aromatic heterocycles. The molecule has 0 saturated carbocycles. The number of hydrogen-bond donors (Lipinski definition) is 2. The number of carbonyl (C=O) groups excluding carboxylic acids is 1. The average Bonchev–Trinajstić information content (AvgIpc) is 3.45. The van der Waals surface area contributed by atoms with Crippen LogP contribution >= 0.6 is 11.6 Å². The highest BCUT2D eigenvalue weighted by atomic mass is 35.5. The summed E-state index contributed by atoms with van der Waals surface area (Å²) in [5, 5.41) is 17.3. The van der Waals surface area contributed by atoms with Crippen LogP contribution in [0.2, 0.25) is 5.02 Å². The van der Waals surface area contributed by atoms with Crippen LogP contribution < -0.4 is 20.1 Å². The summed E-state index contributed by atoms with van der Waals surface area (Å²) in [7, 11) is 3.95. The Morgan fingerprint density at radius 3 is 2.80 bits per heavy atom. The zero-order valence-corrected chi connectivity index (χ0v) is 27.5. The summed E-state index contributed by atoms with van der Waals surface area (Å²) in [6, 6.07) is 11.2. The van der Waals surface area contributed by atoms with Crippen LogP contribution in [0.5, 0.6) is 11.5 Å². The van der Waals surface area contributed by atoms with E-state index >= 15 is 0 Å². The molecule has 1 aliphatic rings. The van der Waals surface area contributed by atoms with E-state index in [1.165, 1.54) is 6.20 Å². The van der Waals surface area contributed by atoms with Crippen molar-refractivity contribution in [3.63, 3.8) is 0 Å². The zero-order chi connectivity index (χ0) is 32.8. The number of amides is 1. The third kappa shape index (κ3) is 7.44. The van der Waals surface area contributed by atoms with Gasteiger partial charge in [0, 0.05) is 48.4 Å². The quantitative estimate of drug-likeness (QED) is 0.146. The minimum absolute atomic E-state index is 0.116. The Labute approximate surface area is 275 Å². The van der Waals surface area contributed by atoms with E-state index in [9.17, 15) is 10.1 Å². The van der Waals surface area contributed by atoms with Crippen LogP contribution in [0.25, 0.3) is 10.9 Å². The second kappa shape index (κ2) is 14.7. The van der Waals surface area contributed by atoms with Crippen molar-refractivity contribution in [2.24, 2.45) is 5.92 Å². The molecule has 0 radical (unpaired) electrons. The molecule has 0 aliphatic carbocycles. The number of nitriles is 1. The van der Waals surface area contributed by atoms with Crippen molar-refractivity contribution in [2.75, 3.05) is 37.9 Å². The maximum absolute atomic E-state index is 12.8. The van der Waals surface area contributed by atoms with Gasteiger partial charge in [-0.15, -0.1) is 6.58 Å². The molecule has 2 aromatic carbocycles. The van der Waals surface area contributed by atoms with Crippen LogP contribution in [-0.4, -0.2) is 52.6 Å². The first-order valence-corrected chi connectivity index (χ1v) is 15.9. The van der Waals surface area contributed by atoms with E-state index in [0.717, 1.165) is 37.4 Å². The number of pyridine rings is 1. The Balaban J connectivity index is 1.36. The number of aryl methyl sites for hydroxylation is 1. The molecule has 0 fully saturated rings. The normalized spacial score (nSPS) is 15.7. The fraction of sp³-hybridized carbons (Fsp3) is 0.371. The van der Waals surface area contributed by atoms with E-state index in [4.69, 9.17) is 26.1 Å². The van der Waals surface area contributed by atoms with Crippen LogP contribution in [0.1, 0.15) is 56.1 Å². The van der Waals surface area contributed by atoms with Gasteiger partial charge in [-0.2, -0.15) is 5.26 Å². The van der Waals surface area contributed by atoms with Gasteiger partial charge < -0.3 is 29.6 Å². The number of anilines is 3. The highest BCUT2D eigenvalue weighted by molar-refractivity contribution is 6.32. The fourth-order valence-electron chi connectivity index (χ4n) is 5.72. The van der Waals surface area contributed by atoms with Crippen LogP contribution in [-0.2, 0) is 17.9 Å². The Morgan fingerprint density at radius 2 is 2.09 bits per heavy atom. The monoisotopic (exact) mass is 641 g/mol. The van der Waals surface area contributed by atoms with Gasteiger partial charge in [-0.1, -0.05) is 24.6 Å². The number of hydrogen-bond acceptors (Lipinski definition) is 8. The van der Waals surface area contributed by atoms with Gasteiger partial charge in [0.15, 0.2) is 0 Å². The van der Waals surface area contributed by atoms with Crippen molar-refractivity contribution < 1.29 is 14.3 Å². The molecule has 3 heterocycles. The van der Waals surface area contributed by atoms with E-state index in [1.54, 1.807) is 24.3 Å². The lowest BCUT2D eigenvalue weighted by Gasteiger charge is -2.26. The zero-order valence-electron chi connectivity index (χ0n) is 26.8. The first kappa shape index (κ1) is 32.8. The Bertz CT molecular complexity index is 1780. The average molecular weight is 642 g/mol. The van der Waals surface area contributed by atoms with Crippen molar-refractivity contribution in [1.82, 2.24) is 19.4 Å². The number of nitrogens with zero attached hydrogens (tertiary/aromatic N) is 5. The Hall–Kier alpha value is -4.59. The van der Waals surface area contributed by atoms with Crippen molar-refractivity contribution in [3.8, 4) is 17.6 Å². The molecule has 2 atom stereocenters. The molecule has 0 bridgehead atoms. The molecule has 0 spiro atoms. The number of aromatic nitrogens is 3. The molecule has 2 N–H and O–H groups in total. The van der Waals surface area contributed by atoms with Crippen LogP contribution in [0.3, 0.4) is 0 Å². The summed E-state index contributed by atoms with van der Waals surface area (Å²) in [6.45, 7) is 10.5. The number of fused-ring (bicyclic) bond motifs is 2. The Kier molecular flexibility index (Phi) is 10.5. The smallest absolute Gasteiger partial charge is 0.224 e. The van der Waals surface area contributed by atoms with Crippen molar-refractivity contribution >= 4 is 45.5 Å². The molecule has 1 amide bonds. The Morgan fingerprint density at radius 1 is 1.26 bits per heavy atom. The summed E-state index contributed by atoms with van der Waals surface area (Å²) in [6.07, 6.45) is 7.73. The standard InChI is InChI=1S/C35H40ClN7O3/c1-6-23-12-14-43-20-26(40-35(43)22(23)3)21-46-31-11-10-25(15-28(31)36)39-34-24(18-37)19-38-29-17-32(45-7-2)30(16-27(29)34)41-33(44)9-8-13-42(4)5/h6,10-11,15-17,19-20,22-23H,1,7-9,12-14,21H2,2-5H3,(H,38,39)(H,41,44). The molecule has 46 heavy (non-hydrogen) atoms. The molecule has 1 aliphatic heterocycles. The lowest BCUT2D eigenvalue weighted by Crippen LogP contribution is -2.21. The summed E-state index contributed by atoms with van der Waals surface area (Å²) >= 11 is 6.67. The highest BCUT2D eigenvalue weighted by Crippen LogP contribution is 2.38. The topological polar surface area (TPSA) is 117 Å². The van der Waals surface area contributed by atoms with Crippen LogP contribution in [0.4, 0.5) is 17.1 Å². The number of halogens is 1. The number of ether oxygens (including phenoxy) is 2. The summed E-state index contributed by atoms with van der Waals surface area (Å²) in [5.41, 5.74) is 3.51. The maximum atomic E-state index is 12.8. The number of benzene rings is 2. The molecule has 5 rings (SSSR count). The molecular formula is C35H40ClN7O3. The number of carbonyl (C=O) groups is 1. The van der Waals surface area contributed by atoms with Crippen molar-refractivity contribution in [1.29, 1.82) is 5.26 Å². The molecule has 240 valence electrons. The second-order valence-electron chi connectivity index (χ2n) is 11.7. The molecule has 4 aromatic rings.